The molecule has 6 rings (SSSR count). The summed E-state index contributed by atoms with van der Waals surface area (Å²) in [6.07, 6.45) is 9.51. The lowest BCUT2D eigenvalue weighted by Crippen LogP contribution is -2.50. The molecule has 0 radical (unpaired) electrons. The Morgan fingerprint density at radius 1 is 1.10 bits per heavy atom. The topological polar surface area (TPSA) is 129 Å². The van der Waals surface area contributed by atoms with E-state index in [1.807, 2.05) is 6.07 Å². The van der Waals surface area contributed by atoms with E-state index in [0.29, 0.717) is 56.2 Å². The summed E-state index contributed by atoms with van der Waals surface area (Å²) >= 11 is 0. The van der Waals surface area contributed by atoms with Gasteiger partial charge >= 0.3 is 0 Å². The molecule has 4 heterocycles. The number of amides is 2. The Morgan fingerprint density at radius 3 is 2.79 bits per heavy atom. The number of carbonyl (C=O) groups excluding carboxylic acids is 2. The molecule has 10 nitrogen and oxygen atoms in total. The van der Waals surface area contributed by atoms with E-state index in [2.05, 4.69) is 37.6 Å². The van der Waals surface area contributed by atoms with Crippen LogP contribution >= 0.6 is 0 Å². The number of carbonyl (C=O) groups is 2. The van der Waals surface area contributed by atoms with Crippen LogP contribution in [-0.4, -0.2) is 81.9 Å². The maximum atomic E-state index is 13.6. The van der Waals surface area contributed by atoms with Crippen LogP contribution in [0.2, 0.25) is 0 Å². The highest BCUT2D eigenvalue weighted by Gasteiger charge is 2.39. The second kappa shape index (κ2) is 11.7. The van der Waals surface area contributed by atoms with E-state index in [9.17, 15) is 14.7 Å². The molecule has 39 heavy (non-hydrogen) atoms. The number of likely N-dealkylation sites (tertiary alicyclic amines) is 1. The van der Waals surface area contributed by atoms with Crippen molar-refractivity contribution in [3.8, 4) is 5.75 Å². The van der Waals surface area contributed by atoms with Crippen molar-refractivity contribution in [3.05, 3.63) is 47.5 Å². The number of aliphatic hydroxyl groups is 1. The van der Waals surface area contributed by atoms with Crippen molar-refractivity contribution in [2.75, 3.05) is 19.7 Å². The minimum atomic E-state index is -0.618. The van der Waals surface area contributed by atoms with Crippen LogP contribution in [0.3, 0.4) is 0 Å². The molecule has 0 spiro atoms. The predicted octanol–water partition coefficient (Wildman–Crippen LogP) is 2.25. The number of aromatic nitrogens is 2. The average Bonchev–Trinajstić information content (AvgIpc) is 3.71. The summed E-state index contributed by atoms with van der Waals surface area (Å²) in [5.74, 6) is 0.815. The first-order valence-corrected chi connectivity index (χ1v) is 14.4. The number of benzene rings is 1. The number of nitrogens with zero attached hydrogens (tertiary/aromatic N) is 2. The van der Waals surface area contributed by atoms with E-state index in [1.165, 1.54) is 31.2 Å². The molecule has 0 unspecified atom stereocenters. The lowest BCUT2D eigenvalue weighted by Gasteiger charge is -2.34. The van der Waals surface area contributed by atoms with Gasteiger partial charge in [0.25, 0.3) is 5.91 Å². The third-order valence-electron chi connectivity index (χ3n) is 8.80. The van der Waals surface area contributed by atoms with Crippen molar-refractivity contribution in [1.29, 1.82) is 0 Å². The zero-order chi connectivity index (χ0) is 26.8. The molecule has 1 saturated carbocycles. The smallest absolute Gasteiger partial charge is 0.255 e. The van der Waals surface area contributed by atoms with Gasteiger partial charge in [0.05, 0.1) is 36.7 Å². The van der Waals surface area contributed by atoms with Gasteiger partial charge in [-0.05, 0) is 55.7 Å². The number of H-pyrrole nitrogens is 1. The molecule has 10 heteroatoms. The number of rotatable bonds is 3. The first-order valence-electron chi connectivity index (χ1n) is 14.4. The van der Waals surface area contributed by atoms with Crippen LogP contribution in [0, 0.1) is 0 Å². The standard InChI is InChI=1S/C29H39N5O5/c35-25-8-6-22-9-10-38-26-11-19(18-3-1-2-4-18)5-7-23(26)28(36)33-20-12-24(29(37)31-14-27(25)39-22)34(15-20)16-21-13-30-17-32-21/h5,7,11,13,17-18,20,22,24-25,27,35H,1-4,6,8-10,12,14-16H2,(H,30,32)(H,31,37)(H,33,36)/t20-,22-,24-,25-,27+/m0/s1. The zero-order valence-electron chi connectivity index (χ0n) is 22.3. The molecule has 1 aromatic heterocycles. The summed E-state index contributed by atoms with van der Waals surface area (Å²) < 4.78 is 12.5. The molecule has 4 bridgehead atoms. The van der Waals surface area contributed by atoms with Crippen molar-refractivity contribution in [2.45, 2.75) is 94.2 Å². The molecular weight excluding hydrogens is 498 g/mol. The summed E-state index contributed by atoms with van der Waals surface area (Å²) in [5, 5.41) is 16.8. The van der Waals surface area contributed by atoms with Gasteiger partial charge in [-0.1, -0.05) is 18.9 Å². The van der Waals surface area contributed by atoms with Crippen LogP contribution in [0.15, 0.2) is 30.7 Å². The number of aromatic amines is 1. The van der Waals surface area contributed by atoms with E-state index in [-0.39, 0.29) is 30.5 Å². The molecule has 4 aliphatic rings. The number of ether oxygens (including phenoxy) is 2. The number of fused-ring (bicyclic) bond motifs is 5. The Balaban J connectivity index is 1.27. The van der Waals surface area contributed by atoms with Crippen molar-refractivity contribution in [2.24, 2.45) is 0 Å². The van der Waals surface area contributed by atoms with Crippen molar-refractivity contribution in [3.63, 3.8) is 0 Å². The quantitative estimate of drug-likeness (QED) is 0.473. The molecule has 2 amide bonds. The minimum absolute atomic E-state index is 0.0776. The molecule has 4 N–H and O–H groups in total. The second-order valence-corrected chi connectivity index (χ2v) is 11.5. The lowest BCUT2D eigenvalue weighted by molar-refractivity contribution is -0.133. The maximum Gasteiger partial charge on any atom is 0.255 e. The summed E-state index contributed by atoms with van der Waals surface area (Å²) in [6, 6.07) is 5.39. The van der Waals surface area contributed by atoms with E-state index >= 15 is 0 Å². The van der Waals surface area contributed by atoms with E-state index in [4.69, 9.17) is 9.47 Å². The molecular formula is C29H39N5O5. The molecule has 210 valence electrons. The van der Waals surface area contributed by atoms with Gasteiger partial charge in [-0.25, -0.2) is 4.98 Å². The Labute approximate surface area is 228 Å². The highest BCUT2D eigenvalue weighted by atomic mass is 16.5. The predicted molar refractivity (Wildman–Crippen MR) is 143 cm³/mol. The van der Waals surface area contributed by atoms with Gasteiger partial charge in [0.1, 0.15) is 11.9 Å². The van der Waals surface area contributed by atoms with Gasteiger partial charge in [-0.15, -0.1) is 0 Å². The van der Waals surface area contributed by atoms with Crippen molar-refractivity contribution >= 4 is 11.8 Å². The Morgan fingerprint density at radius 2 is 1.97 bits per heavy atom. The van der Waals surface area contributed by atoms with Crippen LogP contribution in [0.25, 0.3) is 0 Å². The third kappa shape index (κ3) is 5.97. The van der Waals surface area contributed by atoms with Gasteiger partial charge in [-0.2, -0.15) is 0 Å². The third-order valence-corrected chi connectivity index (χ3v) is 8.80. The van der Waals surface area contributed by atoms with Crippen LogP contribution in [0.5, 0.6) is 5.75 Å². The fourth-order valence-electron chi connectivity index (χ4n) is 6.63. The number of aliphatic hydroxyl groups excluding tert-OH is 1. The molecule has 5 atom stereocenters. The second-order valence-electron chi connectivity index (χ2n) is 11.5. The largest absolute Gasteiger partial charge is 0.493 e. The molecule has 2 aromatic rings. The van der Waals surface area contributed by atoms with Gasteiger partial charge in [0.2, 0.25) is 5.91 Å². The summed E-state index contributed by atoms with van der Waals surface area (Å²) in [7, 11) is 0. The minimum Gasteiger partial charge on any atom is -0.493 e. The molecule has 1 aliphatic carbocycles. The first-order chi connectivity index (χ1) is 19.0. The SMILES string of the molecule is O=C1N[C@H]2C[C@@H](C(=O)NC[C@H]3O[C@H](CCOc4cc(C5CCCC5)ccc41)CC[C@@H]3O)N(Cc1cnc[nH]1)C2. The summed E-state index contributed by atoms with van der Waals surface area (Å²) in [4.78, 5) is 36.2. The lowest BCUT2D eigenvalue weighted by atomic mass is 9.95. The molecule has 3 fully saturated rings. The van der Waals surface area contributed by atoms with Gasteiger partial charge < -0.3 is 30.2 Å². The maximum absolute atomic E-state index is 13.6. The van der Waals surface area contributed by atoms with E-state index in [0.717, 1.165) is 12.1 Å². The Hall–Kier alpha value is -2.95. The molecule has 3 aliphatic heterocycles. The fraction of sp³-hybridized carbons (Fsp3) is 0.621. The summed E-state index contributed by atoms with van der Waals surface area (Å²) in [5.41, 5.74) is 2.65. The number of hydrogen-bond donors (Lipinski definition) is 4. The van der Waals surface area contributed by atoms with Crippen LogP contribution in [-0.2, 0) is 16.1 Å². The number of hydrogen-bond acceptors (Lipinski definition) is 7. The monoisotopic (exact) mass is 537 g/mol. The highest BCUT2D eigenvalue weighted by Crippen LogP contribution is 2.36. The Bertz CT molecular complexity index is 1150. The Kier molecular flexibility index (Phi) is 7.85. The van der Waals surface area contributed by atoms with Crippen LogP contribution in [0.4, 0.5) is 0 Å². The van der Waals surface area contributed by atoms with E-state index in [1.54, 1.807) is 12.5 Å². The van der Waals surface area contributed by atoms with Gasteiger partial charge in [0, 0.05) is 44.0 Å². The van der Waals surface area contributed by atoms with Crippen molar-refractivity contribution < 1.29 is 24.2 Å². The molecule has 1 aromatic carbocycles. The normalized spacial score (nSPS) is 30.8. The summed E-state index contributed by atoms with van der Waals surface area (Å²) in [6.45, 7) is 1.71. The van der Waals surface area contributed by atoms with Gasteiger partial charge in [-0.3, -0.25) is 14.5 Å². The fourth-order valence-corrected chi connectivity index (χ4v) is 6.63. The zero-order valence-corrected chi connectivity index (χ0v) is 22.3. The number of imidazole rings is 1. The van der Waals surface area contributed by atoms with Crippen LogP contribution in [0.1, 0.15) is 78.9 Å². The highest BCUT2D eigenvalue weighted by molar-refractivity contribution is 5.97. The first kappa shape index (κ1) is 26.3. The number of nitrogens with one attached hydrogen (secondary N) is 3. The van der Waals surface area contributed by atoms with Gasteiger partial charge in [0.15, 0.2) is 0 Å². The van der Waals surface area contributed by atoms with Crippen LogP contribution < -0.4 is 15.4 Å². The average molecular weight is 538 g/mol. The molecule has 2 saturated heterocycles. The van der Waals surface area contributed by atoms with Crippen molar-refractivity contribution in [1.82, 2.24) is 25.5 Å². The van der Waals surface area contributed by atoms with E-state index < -0.39 is 18.2 Å².